The fourth-order valence-electron chi connectivity index (χ4n) is 9.11. The van der Waals surface area contributed by atoms with Crippen molar-refractivity contribution in [3.8, 4) is 23.0 Å². The van der Waals surface area contributed by atoms with Crippen molar-refractivity contribution in [3.63, 3.8) is 0 Å². The molecule has 5 aromatic carbocycles. The molecule has 5 N–H and O–H groups in total. The fourth-order valence-corrected chi connectivity index (χ4v) is 11.2. The van der Waals surface area contributed by atoms with Gasteiger partial charge in [0, 0.05) is 72.6 Å². The standard InChI is InChI=1S/C39H38N4O8S2/c1-7-17-18(8-2)41-30-26-22-20-14(29(30)40-17)9-13(3)10-15-21(20)23-25(24(22)33(49-4)16-11-53-37(39(47)48)43-28(16)26)35(51-6)36-31(27(23)32(44)34(15)50-5)42-19(12-52-36)38(45)46/h9,17-19,37,40-41,44H,7-8,10-12H2,1-6H3,(H,45,46)(H,47,48). The van der Waals surface area contributed by atoms with Gasteiger partial charge in [-0.25, -0.2) is 9.59 Å². The summed E-state index contributed by atoms with van der Waals surface area (Å²) in [5.74, 6) is -0.331. The van der Waals surface area contributed by atoms with Crippen molar-refractivity contribution < 1.29 is 39.1 Å². The van der Waals surface area contributed by atoms with Gasteiger partial charge in [-0.2, -0.15) is 0 Å². The Balaban J connectivity index is 1.68. The van der Waals surface area contributed by atoms with E-state index in [1.807, 2.05) is 0 Å². The third kappa shape index (κ3) is 4.45. The molecular formula is C39H38N4O8S2. The summed E-state index contributed by atoms with van der Waals surface area (Å²) in [7, 11) is 4.74. The summed E-state index contributed by atoms with van der Waals surface area (Å²) < 4.78 is 18.8. The summed E-state index contributed by atoms with van der Waals surface area (Å²) in [4.78, 5) is 35.2. The summed E-state index contributed by atoms with van der Waals surface area (Å²) in [6, 6.07) is -0.832. The molecule has 1 aliphatic carbocycles. The van der Waals surface area contributed by atoms with Crippen LogP contribution in [-0.4, -0.2) is 77.8 Å². The van der Waals surface area contributed by atoms with Crippen LogP contribution in [0.15, 0.2) is 20.5 Å². The van der Waals surface area contributed by atoms with Gasteiger partial charge >= 0.3 is 11.9 Å². The quantitative estimate of drug-likeness (QED) is 0.0933. The van der Waals surface area contributed by atoms with Crippen LogP contribution >= 0.6 is 23.5 Å². The number of hydrogen-bond donors (Lipinski definition) is 5. The average Bonchev–Trinajstić information content (AvgIpc) is 3.31. The lowest BCUT2D eigenvalue weighted by molar-refractivity contribution is -0.138. The summed E-state index contributed by atoms with van der Waals surface area (Å²) in [6.45, 7) is 6.38. The minimum Gasteiger partial charge on any atom is -0.504 e. The van der Waals surface area contributed by atoms with Crippen molar-refractivity contribution in [1.29, 1.82) is 0 Å². The predicted molar refractivity (Wildman–Crippen MR) is 209 cm³/mol. The van der Waals surface area contributed by atoms with E-state index in [0.717, 1.165) is 73.4 Å². The zero-order chi connectivity index (χ0) is 37.2. The number of fused-ring (bicyclic) bond motifs is 8. The highest BCUT2D eigenvalue weighted by molar-refractivity contribution is 8.00. The molecule has 3 aliphatic heterocycles. The van der Waals surface area contributed by atoms with Gasteiger partial charge in [-0.3, -0.25) is 9.98 Å². The molecule has 53 heavy (non-hydrogen) atoms. The number of anilines is 2. The zero-order valence-corrected chi connectivity index (χ0v) is 31.6. The molecule has 3 heterocycles. The lowest BCUT2D eigenvalue weighted by atomic mass is 9.81. The fraction of sp³-hybridized carbons (Fsp3) is 0.385. The lowest BCUT2D eigenvalue weighted by Gasteiger charge is -2.38. The predicted octanol–water partition coefficient (Wildman–Crippen LogP) is 6.28. The summed E-state index contributed by atoms with van der Waals surface area (Å²) in [6.07, 6.45) is 4.37. The van der Waals surface area contributed by atoms with Crippen LogP contribution in [0, 0.1) is 0 Å². The Morgan fingerprint density at radius 2 is 1.45 bits per heavy atom. The summed E-state index contributed by atoms with van der Waals surface area (Å²) in [5, 5.41) is 46.2. The highest BCUT2D eigenvalue weighted by atomic mass is 32.2. The maximum absolute atomic E-state index is 12.5. The SMILES string of the molecule is CCC1Nc2c(c3c4c(c(OC)c5c6c(OC)c7c(c8c(O)c(OC)c9c(c(c2C=C(C)C9)c35)c86)=NC(C(=O)O)CS7)CSC(C(=O)O)N=4)NC1CC. The number of aromatic hydroxyl groups is 1. The normalized spacial score (nSPS) is 21.5. The van der Waals surface area contributed by atoms with Crippen molar-refractivity contribution >= 4 is 96.0 Å². The number of thioether (sulfide) groups is 2. The molecular weight excluding hydrogens is 717 g/mol. The van der Waals surface area contributed by atoms with Gasteiger partial charge in [-0.1, -0.05) is 25.5 Å². The van der Waals surface area contributed by atoms with Crippen LogP contribution in [0.5, 0.6) is 23.0 Å². The van der Waals surface area contributed by atoms with Gasteiger partial charge in [-0.05, 0) is 31.6 Å². The van der Waals surface area contributed by atoms with E-state index in [-0.39, 0.29) is 23.6 Å². The summed E-state index contributed by atoms with van der Waals surface area (Å²) >= 11 is 2.56. The number of carbonyl (C=O) groups is 2. The molecule has 0 bridgehead atoms. The third-order valence-corrected chi connectivity index (χ3v) is 13.5. The van der Waals surface area contributed by atoms with Gasteiger partial charge < -0.3 is 40.2 Å². The van der Waals surface area contributed by atoms with E-state index < -0.39 is 23.4 Å². The summed E-state index contributed by atoms with van der Waals surface area (Å²) in [5.41, 5.74) is 5.28. The maximum Gasteiger partial charge on any atom is 0.338 e. The van der Waals surface area contributed by atoms with Gasteiger partial charge in [0.15, 0.2) is 22.9 Å². The van der Waals surface area contributed by atoms with E-state index in [2.05, 4.69) is 37.5 Å². The van der Waals surface area contributed by atoms with E-state index in [4.69, 9.17) is 24.2 Å². The van der Waals surface area contributed by atoms with Crippen LogP contribution in [0.25, 0.3) is 49.2 Å². The van der Waals surface area contributed by atoms with E-state index in [9.17, 15) is 24.9 Å². The van der Waals surface area contributed by atoms with Gasteiger partial charge in [0.2, 0.25) is 0 Å². The molecule has 0 amide bonds. The largest absolute Gasteiger partial charge is 0.504 e. The van der Waals surface area contributed by atoms with Crippen molar-refractivity contribution in [3.05, 3.63) is 33.0 Å². The molecule has 12 nitrogen and oxygen atoms in total. The van der Waals surface area contributed by atoms with Crippen molar-refractivity contribution in [2.24, 2.45) is 9.98 Å². The lowest BCUT2D eigenvalue weighted by Crippen LogP contribution is -2.43. The van der Waals surface area contributed by atoms with Gasteiger partial charge in [-0.15, -0.1) is 23.5 Å². The Hall–Kier alpha value is -4.82. The van der Waals surface area contributed by atoms with Crippen molar-refractivity contribution in [1.82, 2.24) is 0 Å². The number of phenolic OH excluding ortho intramolecular Hbond substituents is 1. The number of rotatable bonds is 7. The first-order chi connectivity index (χ1) is 25.6. The second-order valence-electron chi connectivity index (χ2n) is 14.0. The molecule has 0 radical (unpaired) electrons. The van der Waals surface area contributed by atoms with Crippen LogP contribution in [0.1, 0.15) is 50.3 Å². The number of allylic oxidation sites excluding steroid dienone is 1. The number of phenols is 1. The number of hydrogen-bond acceptors (Lipinski definition) is 12. The second-order valence-corrected chi connectivity index (χ2v) is 16.1. The van der Waals surface area contributed by atoms with Gasteiger partial charge in [0.1, 0.15) is 11.5 Å². The Morgan fingerprint density at radius 3 is 2.09 bits per heavy atom. The molecule has 0 saturated heterocycles. The molecule has 4 aliphatic rings. The van der Waals surface area contributed by atoms with Gasteiger partial charge in [0.25, 0.3) is 0 Å². The number of benzene rings is 5. The van der Waals surface area contributed by atoms with E-state index in [1.54, 1.807) is 14.2 Å². The molecule has 4 unspecified atom stereocenters. The highest BCUT2D eigenvalue weighted by Crippen LogP contribution is 2.59. The van der Waals surface area contributed by atoms with Gasteiger partial charge in [0.05, 0.1) is 53.7 Å². The topological polar surface area (TPSA) is 171 Å². The monoisotopic (exact) mass is 754 g/mol. The molecule has 274 valence electrons. The minimum atomic E-state index is -1.06. The molecule has 4 atom stereocenters. The van der Waals surface area contributed by atoms with Crippen LogP contribution in [-0.2, 0) is 21.8 Å². The van der Waals surface area contributed by atoms with E-state index in [0.29, 0.717) is 61.2 Å². The first kappa shape index (κ1) is 34.0. The van der Waals surface area contributed by atoms with Crippen LogP contribution in [0.3, 0.4) is 0 Å². The van der Waals surface area contributed by atoms with Crippen LogP contribution < -0.4 is 35.6 Å². The minimum absolute atomic E-state index is 0.0899. The van der Waals surface area contributed by atoms with Crippen LogP contribution in [0.4, 0.5) is 11.4 Å². The van der Waals surface area contributed by atoms with Crippen LogP contribution in [0.2, 0.25) is 0 Å². The highest BCUT2D eigenvalue weighted by Gasteiger charge is 2.39. The first-order valence-corrected chi connectivity index (χ1v) is 19.7. The third-order valence-electron chi connectivity index (χ3n) is 11.3. The number of methoxy groups -OCH3 is 3. The second kappa shape index (κ2) is 12.1. The molecule has 0 fully saturated rings. The Labute approximate surface area is 312 Å². The number of nitrogens with zero attached hydrogens (tertiary/aromatic N) is 2. The molecule has 9 rings (SSSR count). The first-order valence-electron chi connectivity index (χ1n) is 17.7. The van der Waals surface area contributed by atoms with Crippen molar-refractivity contribution in [2.75, 3.05) is 37.7 Å². The number of carboxylic acids is 2. The Bertz CT molecular complexity index is 2660. The smallest absolute Gasteiger partial charge is 0.338 e. The number of ether oxygens (including phenoxy) is 3. The molecule has 0 aromatic heterocycles. The molecule has 0 spiro atoms. The van der Waals surface area contributed by atoms with Crippen molar-refractivity contribution in [2.45, 2.75) is 74.2 Å². The van der Waals surface area contributed by atoms with E-state index >= 15 is 0 Å². The number of aliphatic carboxylic acids is 2. The van der Waals surface area contributed by atoms with E-state index in [1.165, 1.54) is 30.6 Å². The Morgan fingerprint density at radius 1 is 0.792 bits per heavy atom. The molecule has 5 aromatic rings. The molecule has 14 heteroatoms. The molecule has 0 saturated carbocycles. The number of nitrogens with one attached hydrogen (secondary N) is 2. The average molecular weight is 755 g/mol. The Kier molecular flexibility index (Phi) is 7.76. The maximum atomic E-state index is 12.5. The zero-order valence-electron chi connectivity index (χ0n) is 30.0. The number of carboxylic acid groups (broad SMARTS) is 2.